The number of nitrogens with zero attached hydrogens (tertiary/aromatic N) is 3. The summed E-state index contributed by atoms with van der Waals surface area (Å²) in [4.78, 5) is 9.19. The lowest BCUT2D eigenvalue weighted by Crippen LogP contribution is -2.08. The Labute approximate surface area is 175 Å². The molecule has 0 radical (unpaired) electrons. The third kappa shape index (κ3) is 2.94. The quantitative estimate of drug-likeness (QED) is 0.453. The predicted molar refractivity (Wildman–Crippen MR) is 115 cm³/mol. The molecule has 6 nitrogen and oxygen atoms in total. The van der Waals surface area contributed by atoms with Crippen LogP contribution in [-0.2, 0) is 16.4 Å². The van der Waals surface area contributed by atoms with Crippen molar-refractivity contribution in [2.24, 2.45) is 0 Å². The monoisotopic (exact) mass is 438 g/mol. The SMILES string of the molecule is Nc1c(S(=O)(=O)c2cccs2)c2nc3ccccc3nc2n1Cc1ccc(F)cc1. The van der Waals surface area contributed by atoms with Crippen LogP contribution in [0.3, 0.4) is 0 Å². The first-order chi connectivity index (χ1) is 14.4. The number of nitrogen functional groups attached to an aromatic ring is 1. The number of nitrogens with two attached hydrogens (primary N) is 1. The Balaban J connectivity index is 1.82. The average Bonchev–Trinajstić information content (AvgIpc) is 3.36. The molecule has 0 saturated heterocycles. The van der Waals surface area contributed by atoms with Crippen molar-refractivity contribution in [3.05, 3.63) is 77.4 Å². The highest BCUT2D eigenvalue weighted by molar-refractivity contribution is 7.93. The molecule has 0 fully saturated rings. The third-order valence-corrected chi connectivity index (χ3v) is 8.04. The smallest absolute Gasteiger partial charge is 0.221 e. The Morgan fingerprint density at radius 3 is 2.33 bits per heavy atom. The van der Waals surface area contributed by atoms with Gasteiger partial charge in [0.05, 0.1) is 17.6 Å². The standard InChI is InChI=1S/C21H15FN4O2S2/c22-14-9-7-13(8-10-14)12-26-20(23)19(30(27,28)17-6-3-11-29-17)18-21(26)25-16-5-2-1-4-15(16)24-18/h1-11H,12,23H2. The van der Waals surface area contributed by atoms with Gasteiger partial charge in [0.25, 0.3) is 0 Å². The van der Waals surface area contributed by atoms with Crippen LogP contribution in [0.5, 0.6) is 0 Å². The molecule has 0 aliphatic heterocycles. The van der Waals surface area contributed by atoms with E-state index in [1.807, 2.05) is 12.1 Å². The minimum absolute atomic E-state index is 0.0537. The number of fused-ring (bicyclic) bond motifs is 2. The zero-order valence-electron chi connectivity index (χ0n) is 15.5. The van der Waals surface area contributed by atoms with Gasteiger partial charge in [0, 0.05) is 0 Å². The maximum Gasteiger partial charge on any atom is 0.221 e. The number of benzene rings is 2. The normalized spacial score (nSPS) is 12.0. The van der Waals surface area contributed by atoms with Crippen LogP contribution < -0.4 is 5.73 Å². The van der Waals surface area contributed by atoms with Crippen molar-refractivity contribution in [3.8, 4) is 0 Å². The Morgan fingerprint density at radius 1 is 0.967 bits per heavy atom. The largest absolute Gasteiger partial charge is 0.384 e. The van der Waals surface area contributed by atoms with Gasteiger partial charge in [0.2, 0.25) is 9.84 Å². The third-order valence-electron chi connectivity index (χ3n) is 4.83. The highest BCUT2D eigenvalue weighted by atomic mass is 32.2. The minimum atomic E-state index is -3.89. The van der Waals surface area contributed by atoms with Crippen LogP contribution in [0.15, 0.2) is 75.1 Å². The number of sulfone groups is 1. The van der Waals surface area contributed by atoms with Gasteiger partial charge in [0.1, 0.15) is 26.3 Å². The first kappa shape index (κ1) is 18.7. The van der Waals surface area contributed by atoms with E-state index in [-0.39, 0.29) is 32.8 Å². The van der Waals surface area contributed by atoms with Crippen molar-refractivity contribution >= 4 is 49.2 Å². The molecule has 2 aromatic carbocycles. The molecule has 0 aliphatic rings. The van der Waals surface area contributed by atoms with Crippen molar-refractivity contribution in [3.63, 3.8) is 0 Å². The molecule has 0 unspecified atom stereocenters. The van der Waals surface area contributed by atoms with Crippen molar-refractivity contribution in [1.29, 1.82) is 0 Å². The van der Waals surface area contributed by atoms with Gasteiger partial charge >= 0.3 is 0 Å². The molecule has 0 aliphatic carbocycles. The van der Waals surface area contributed by atoms with Crippen LogP contribution in [0.2, 0.25) is 0 Å². The molecule has 5 rings (SSSR count). The topological polar surface area (TPSA) is 90.9 Å². The van der Waals surface area contributed by atoms with Crippen LogP contribution in [0.4, 0.5) is 10.2 Å². The zero-order chi connectivity index (χ0) is 20.9. The molecule has 9 heteroatoms. The molecule has 3 aromatic heterocycles. The number of aromatic nitrogens is 3. The van der Waals surface area contributed by atoms with E-state index in [2.05, 4.69) is 9.97 Å². The second-order valence-corrected chi connectivity index (χ2v) is 9.81. The van der Waals surface area contributed by atoms with Gasteiger partial charge in [-0.1, -0.05) is 30.3 Å². The highest BCUT2D eigenvalue weighted by Gasteiger charge is 2.30. The Morgan fingerprint density at radius 2 is 1.67 bits per heavy atom. The summed E-state index contributed by atoms with van der Waals surface area (Å²) in [5, 5.41) is 1.70. The lowest BCUT2D eigenvalue weighted by Gasteiger charge is -2.08. The molecule has 5 aromatic rings. The van der Waals surface area contributed by atoms with Crippen LogP contribution in [0, 0.1) is 5.82 Å². The number of thiophene rings is 1. The molecular formula is C21H15FN4O2S2. The molecule has 0 bridgehead atoms. The van der Waals surface area contributed by atoms with Crippen molar-refractivity contribution in [1.82, 2.24) is 14.5 Å². The van der Waals surface area contributed by atoms with E-state index < -0.39 is 9.84 Å². The number of rotatable bonds is 4. The van der Waals surface area contributed by atoms with Gasteiger partial charge in [-0.15, -0.1) is 11.3 Å². The van der Waals surface area contributed by atoms with Gasteiger partial charge < -0.3 is 10.3 Å². The molecule has 0 atom stereocenters. The fourth-order valence-electron chi connectivity index (χ4n) is 3.40. The molecule has 0 amide bonds. The summed E-state index contributed by atoms with van der Waals surface area (Å²) < 4.78 is 41.9. The van der Waals surface area contributed by atoms with E-state index in [0.29, 0.717) is 16.7 Å². The zero-order valence-corrected chi connectivity index (χ0v) is 17.1. The van der Waals surface area contributed by atoms with E-state index in [0.717, 1.165) is 16.9 Å². The van der Waals surface area contributed by atoms with E-state index >= 15 is 0 Å². The minimum Gasteiger partial charge on any atom is -0.384 e. The summed E-state index contributed by atoms with van der Waals surface area (Å²) in [5.74, 6) is -0.297. The second-order valence-electron chi connectivity index (χ2n) is 6.75. The number of para-hydroxylation sites is 2. The molecule has 0 saturated carbocycles. The van der Waals surface area contributed by atoms with E-state index in [1.54, 1.807) is 40.3 Å². The molecular weight excluding hydrogens is 423 g/mol. The summed E-state index contributed by atoms with van der Waals surface area (Å²) in [7, 11) is -3.89. The highest BCUT2D eigenvalue weighted by Crippen LogP contribution is 2.36. The van der Waals surface area contributed by atoms with Crippen molar-refractivity contribution in [2.45, 2.75) is 15.6 Å². The summed E-state index contributed by atoms with van der Waals surface area (Å²) in [6.07, 6.45) is 0. The van der Waals surface area contributed by atoms with Crippen LogP contribution in [0.1, 0.15) is 5.56 Å². The van der Waals surface area contributed by atoms with Crippen LogP contribution in [0.25, 0.3) is 22.2 Å². The van der Waals surface area contributed by atoms with Crippen molar-refractivity contribution < 1.29 is 12.8 Å². The average molecular weight is 439 g/mol. The Bertz CT molecular complexity index is 1490. The summed E-state index contributed by atoms with van der Waals surface area (Å²) >= 11 is 1.12. The maximum absolute atomic E-state index is 13.4. The lowest BCUT2D eigenvalue weighted by atomic mass is 10.2. The number of anilines is 1. The fourth-order valence-corrected chi connectivity index (χ4v) is 6.01. The van der Waals surface area contributed by atoms with Gasteiger partial charge in [0.15, 0.2) is 5.65 Å². The first-order valence-electron chi connectivity index (χ1n) is 9.02. The van der Waals surface area contributed by atoms with Gasteiger partial charge in [-0.25, -0.2) is 22.8 Å². The predicted octanol–water partition coefficient (Wildman–Crippen LogP) is 4.25. The van der Waals surface area contributed by atoms with Crippen LogP contribution in [-0.4, -0.2) is 23.0 Å². The molecule has 0 spiro atoms. The second kappa shape index (κ2) is 6.89. The summed E-state index contributed by atoms with van der Waals surface area (Å²) in [6, 6.07) is 16.4. The Hall–Kier alpha value is -3.30. The maximum atomic E-state index is 13.4. The van der Waals surface area contributed by atoms with E-state index in [9.17, 15) is 12.8 Å². The number of hydrogen-bond donors (Lipinski definition) is 1. The van der Waals surface area contributed by atoms with Gasteiger partial charge in [-0.05, 0) is 41.3 Å². The molecule has 2 N–H and O–H groups in total. The fraction of sp³-hybridized carbons (Fsp3) is 0.0476. The Kier molecular flexibility index (Phi) is 4.30. The van der Waals surface area contributed by atoms with E-state index in [1.165, 1.54) is 18.2 Å². The summed E-state index contributed by atoms with van der Waals surface area (Å²) in [6.45, 7) is 0.232. The van der Waals surface area contributed by atoms with E-state index in [4.69, 9.17) is 5.73 Å². The number of halogens is 1. The molecule has 150 valence electrons. The van der Waals surface area contributed by atoms with Crippen LogP contribution >= 0.6 is 11.3 Å². The molecule has 30 heavy (non-hydrogen) atoms. The van der Waals surface area contributed by atoms with Gasteiger partial charge in [-0.2, -0.15) is 0 Å². The van der Waals surface area contributed by atoms with Gasteiger partial charge in [-0.3, -0.25) is 0 Å². The van der Waals surface area contributed by atoms with Crippen molar-refractivity contribution in [2.75, 3.05) is 5.73 Å². The molecule has 3 heterocycles. The first-order valence-corrected chi connectivity index (χ1v) is 11.4. The lowest BCUT2D eigenvalue weighted by molar-refractivity contribution is 0.599. The summed E-state index contributed by atoms with van der Waals surface area (Å²) in [5.41, 5.74) is 8.94. The number of hydrogen-bond acceptors (Lipinski definition) is 6.